The van der Waals surface area contributed by atoms with Crippen molar-refractivity contribution in [1.29, 1.82) is 0 Å². The Kier molecular flexibility index (Phi) is 5.07. The summed E-state index contributed by atoms with van der Waals surface area (Å²) in [6, 6.07) is -0.746. The van der Waals surface area contributed by atoms with Crippen molar-refractivity contribution in [3.63, 3.8) is 0 Å². The van der Waals surface area contributed by atoms with Crippen molar-refractivity contribution in [2.45, 2.75) is 32.2 Å². The van der Waals surface area contributed by atoms with Gasteiger partial charge in [-0.2, -0.15) is 10.1 Å². The molecular weight excluding hydrogens is 372 g/mol. The molecule has 11 heteroatoms. The topological polar surface area (TPSA) is 126 Å². The quantitative estimate of drug-likeness (QED) is 0.751. The standard InChI is InChI=1S/C16H20N6O4S/c1-4-22-11(3)13(10(2)20-22)27(25,26)18-8-9-21-15(23)12-6-5-7-17-14(12)19-16(21)24/h5-7,12,18H,4,8-9H2,1-3H3. The maximum Gasteiger partial charge on any atom is 0.352 e. The van der Waals surface area contributed by atoms with Crippen LogP contribution in [0.15, 0.2) is 27.0 Å². The maximum absolute atomic E-state index is 12.6. The number of nitrogens with zero attached hydrogens (tertiary/aromatic N) is 5. The Hall–Kier alpha value is -2.66. The molecule has 3 heterocycles. The van der Waals surface area contributed by atoms with Crippen LogP contribution in [0.4, 0.5) is 4.79 Å². The van der Waals surface area contributed by atoms with Crippen LogP contribution in [0.2, 0.25) is 0 Å². The van der Waals surface area contributed by atoms with Crippen LogP contribution in [-0.2, 0) is 21.4 Å². The molecule has 10 nitrogen and oxygen atoms in total. The van der Waals surface area contributed by atoms with Crippen molar-refractivity contribution in [2.24, 2.45) is 15.9 Å². The molecule has 1 aromatic rings. The molecule has 2 aliphatic heterocycles. The summed E-state index contributed by atoms with van der Waals surface area (Å²) < 4.78 is 29.3. The van der Waals surface area contributed by atoms with E-state index in [1.165, 1.54) is 6.21 Å². The number of allylic oxidation sites excluding steroid dienone is 1. The zero-order valence-electron chi connectivity index (χ0n) is 15.2. The molecule has 1 aromatic heterocycles. The normalized spacial score (nSPS) is 19.4. The molecule has 0 saturated heterocycles. The van der Waals surface area contributed by atoms with E-state index in [0.29, 0.717) is 17.9 Å². The third-order valence-electron chi connectivity index (χ3n) is 4.36. The number of fused-ring (bicyclic) bond motifs is 1. The largest absolute Gasteiger partial charge is 0.352 e. The highest BCUT2D eigenvalue weighted by molar-refractivity contribution is 7.89. The van der Waals surface area contributed by atoms with Gasteiger partial charge in [-0.1, -0.05) is 6.08 Å². The minimum atomic E-state index is -3.83. The lowest BCUT2D eigenvalue weighted by atomic mass is 10.0. The summed E-state index contributed by atoms with van der Waals surface area (Å²) in [6.45, 7) is 5.48. The Morgan fingerprint density at radius 2 is 2.00 bits per heavy atom. The van der Waals surface area contributed by atoms with Crippen molar-refractivity contribution in [1.82, 2.24) is 19.4 Å². The van der Waals surface area contributed by atoms with Gasteiger partial charge < -0.3 is 0 Å². The Bertz CT molecular complexity index is 989. The number of aliphatic imine (C=N–C) groups is 2. The smallest absolute Gasteiger partial charge is 0.273 e. The Morgan fingerprint density at radius 3 is 2.67 bits per heavy atom. The number of carbonyl (C=O) groups is 2. The third-order valence-corrected chi connectivity index (χ3v) is 6.07. The second-order valence-electron chi connectivity index (χ2n) is 6.10. The SMILES string of the molecule is CCn1nc(C)c(S(=O)(=O)NCCN2C(=O)N=C3N=CC=CC3C2=O)c1C. The summed E-state index contributed by atoms with van der Waals surface area (Å²) in [5, 5.41) is 4.20. The number of aryl methyl sites for hydroxylation is 2. The molecule has 0 bridgehead atoms. The highest BCUT2D eigenvalue weighted by atomic mass is 32.2. The molecule has 1 atom stereocenters. The van der Waals surface area contributed by atoms with Gasteiger partial charge in [-0.05, 0) is 26.8 Å². The number of sulfonamides is 1. The molecule has 0 fully saturated rings. The first-order valence-electron chi connectivity index (χ1n) is 8.44. The van der Waals surface area contributed by atoms with Crippen LogP contribution in [0.3, 0.4) is 0 Å². The van der Waals surface area contributed by atoms with Gasteiger partial charge in [-0.15, -0.1) is 0 Å². The van der Waals surface area contributed by atoms with E-state index >= 15 is 0 Å². The molecule has 0 saturated carbocycles. The van der Waals surface area contributed by atoms with Gasteiger partial charge in [0.2, 0.25) is 15.9 Å². The van der Waals surface area contributed by atoms with Crippen molar-refractivity contribution >= 4 is 34.0 Å². The van der Waals surface area contributed by atoms with Crippen molar-refractivity contribution in [3.8, 4) is 0 Å². The minimum absolute atomic E-state index is 0.116. The molecule has 0 radical (unpaired) electrons. The highest BCUT2D eigenvalue weighted by Gasteiger charge is 2.36. The van der Waals surface area contributed by atoms with E-state index in [9.17, 15) is 18.0 Å². The number of amidine groups is 1. The molecule has 0 spiro atoms. The first-order valence-corrected chi connectivity index (χ1v) is 9.93. The number of carbonyl (C=O) groups excluding carboxylic acids is 2. The van der Waals surface area contributed by atoms with Crippen LogP contribution in [0.5, 0.6) is 0 Å². The van der Waals surface area contributed by atoms with Crippen LogP contribution < -0.4 is 4.72 Å². The number of hydrogen-bond donors (Lipinski definition) is 1. The van der Waals surface area contributed by atoms with Crippen LogP contribution in [0, 0.1) is 19.8 Å². The van der Waals surface area contributed by atoms with Crippen molar-refractivity contribution < 1.29 is 18.0 Å². The minimum Gasteiger partial charge on any atom is -0.273 e. The van der Waals surface area contributed by atoms with Crippen LogP contribution in [0.25, 0.3) is 0 Å². The van der Waals surface area contributed by atoms with Gasteiger partial charge in [0.1, 0.15) is 16.6 Å². The lowest BCUT2D eigenvalue weighted by Gasteiger charge is -2.27. The number of aromatic nitrogens is 2. The fourth-order valence-electron chi connectivity index (χ4n) is 3.11. The second-order valence-corrected chi connectivity index (χ2v) is 7.80. The Labute approximate surface area is 156 Å². The summed E-state index contributed by atoms with van der Waals surface area (Å²) in [5.41, 5.74) is 0.929. The maximum atomic E-state index is 12.6. The van der Waals surface area contributed by atoms with Gasteiger partial charge in [-0.3, -0.25) is 14.4 Å². The lowest BCUT2D eigenvalue weighted by molar-refractivity contribution is -0.129. The van der Waals surface area contributed by atoms with E-state index < -0.39 is 27.9 Å². The number of urea groups is 1. The summed E-state index contributed by atoms with van der Waals surface area (Å²) in [4.78, 5) is 33.3. The average Bonchev–Trinajstić information content (AvgIpc) is 2.92. The van der Waals surface area contributed by atoms with Gasteiger partial charge >= 0.3 is 6.03 Å². The van der Waals surface area contributed by atoms with Gasteiger partial charge in [0, 0.05) is 25.8 Å². The van der Waals surface area contributed by atoms with E-state index in [4.69, 9.17) is 0 Å². The van der Waals surface area contributed by atoms with Crippen LogP contribution >= 0.6 is 0 Å². The Balaban J connectivity index is 1.71. The zero-order chi connectivity index (χ0) is 19.8. The molecule has 3 amide bonds. The van der Waals surface area contributed by atoms with Crippen molar-refractivity contribution in [3.05, 3.63) is 23.5 Å². The molecule has 1 N–H and O–H groups in total. The number of imide groups is 1. The third kappa shape index (κ3) is 3.47. The van der Waals surface area contributed by atoms with E-state index in [1.54, 1.807) is 30.7 Å². The molecule has 144 valence electrons. The lowest BCUT2D eigenvalue weighted by Crippen LogP contribution is -2.48. The second kappa shape index (κ2) is 7.16. The zero-order valence-corrected chi connectivity index (χ0v) is 16.0. The number of hydrogen-bond acceptors (Lipinski definition) is 6. The fourth-order valence-corrected chi connectivity index (χ4v) is 4.53. The van der Waals surface area contributed by atoms with Crippen molar-refractivity contribution in [2.75, 3.05) is 13.1 Å². The fraction of sp³-hybridized carbons (Fsp3) is 0.438. The number of amides is 3. The van der Waals surface area contributed by atoms with E-state index in [2.05, 4.69) is 19.8 Å². The van der Waals surface area contributed by atoms with Gasteiger partial charge in [0.15, 0.2) is 0 Å². The number of rotatable bonds is 6. The molecule has 0 aliphatic carbocycles. The summed E-state index contributed by atoms with van der Waals surface area (Å²) in [6.07, 6.45) is 4.67. The predicted octanol–water partition coefficient (Wildman–Crippen LogP) is 0.416. The predicted molar refractivity (Wildman–Crippen MR) is 98.2 cm³/mol. The van der Waals surface area contributed by atoms with Gasteiger partial charge in [-0.25, -0.2) is 22.9 Å². The summed E-state index contributed by atoms with van der Waals surface area (Å²) >= 11 is 0. The highest BCUT2D eigenvalue weighted by Crippen LogP contribution is 2.20. The monoisotopic (exact) mass is 392 g/mol. The summed E-state index contributed by atoms with van der Waals surface area (Å²) in [5.74, 6) is -1.03. The average molecular weight is 392 g/mol. The molecule has 2 aliphatic rings. The molecule has 27 heavy (non-hydrogen) atoms. The number of dihydropyridines is 1. The first kappa shape index (κ1) is 19.1. The molecular formula is C16H20N6O4S. The molecule has 1 unspecified atom stereocenters. The van der Waals surface area contributed by atoms with Gasteiger partial charge in [0.05, 0.1) is 11.4 Å². The Morgan fingerprint density at radius 1 is 1.26 bits per heavy atom. The molecule has 0 aromatic carbocycles. The summed E-state index contributed by atoms with van der Waals surface area (Å²) in [7, 11) is -3.83. The number of nitrogens with one attached hydrogen (secondary N) is 1. The van der Waals surface area contributed by atoms with E-state index in [1.807, 2.05) is 6.92 Å². The van der Waals surface area contributed by atoms with E-state index in [0.717, 1.165) is 4.90 Å². The van der Waals surface area contributed by atoms with E-state index in [-0.39, 0.29) is 23.8 Å². The van der Waals surface area contributed by atoms with Crippen LogP contribution in [0.1, 0.15) is 18.3 Å². The first-order chi connectivity index (χ1) is 12.8. The van der Waals surface area contributed by atoms with Gasteiger partial charge in [0.25, 0.3) is 0 Å². The molecule has 3 rings (SSSR count). The van der Waals surface area contributed by atoms with Crippen LogP contribution in [-0.4, -0.2) is 60.2 Å².